The molecule has 1 aliphatic rings. The van der Waals surface area contributed by atoms with Crippen molar-refractivity contribution in [3.8, 4) is 5.69 Å². The van der Waals surface area contributed by atoms with Gasteiger partial charge in [-0.15, -0.1) is 11.3 Å². The number of aromatic nitrogens is 3. The molecule has 0 bridgehead atoms. The highest BCUT2D eigenvalue weighted by atomic mass is 32.1. The number of hydrogen-bond acceptors (Lipinski definition) is 5. The average Bonchev–Trinajstić information content (AvgIpc) is 3.35. The number of piperidine rings is 1. The van der Waals surface area contributed by atoms with Crippen LogP contribution in [0.3, 0.4) is 0 Å². The molecule has 0 spiro atoms. The van der Waals surface area contributed by atoms with Crippen molar-refractivity contribution in [3.63, 3.8) is 0 Å². The van der Waals surface area contributed by atoms with Crippen LogP contribution in [0.15, 0.2) is 48.9 Å². The van der Waals surface area contributed by atoms with Crippen molar-refractivity contribution in [1.29, 1.82) is 0 Å². The third kappa shape index (κ3) is 3.62. The van der Waals surface area contributed by atoms with Gasteiger partial charge in [-0.1, -0.05) is 0 Å². The monoisotopic (exact) mass is 353 g/mol. The molecule has 4 rings (SSSR count). The molecule has 1 fully saturated rings. The van der Waals surface area contributed by atoms with Crippen molar-refractivity contribution >= 4 is 22.4 Å². The first-order valence-corrected chi connectivity index (χ1v) is 9.19. The molecule has 3 aromatic rings. The minimum Gasteiger partial charge on any atom is -0.317 e. The van der Waals surface area contributed by atoms with Gasteiger partial charge in [0.1, 0.15) is 0 Å². The van der Waals surface area contributed by atoms with Gasteiger partial charge in [-0.3, -0.25) is 10.1 Å². The van der Waals surface area contributed by atoms with Crippen molar-refractivity contribution < 1.29 is 4.79 Å². The van der Waals surface area contributed by atoms with Crippen LogP contribution in [-0.4, -0.2) is 33.8 Å². The van der Waals surface area contributed by atoms with E-state index in [1.54, 1.807) is 34.3 Å². The van der Waals surface area contributed by atoms with E-state index in [2.05, 4.69) is 20.7 Å². The Bertz CT molecular complexity index is 835. The Morgan fingerprint density at radius 3 is 2.76 bits per heavy atom. The molecule has 7 heteroatoms. The maximum atomic E-state index is 12.4. The summed E-state index contributed by atoms with van der Waals surface area (Å²) in [5.41, 5.74) is 1.53. The Morgan fingerprint density at radius 2 is 2.04 bits per heavy atom. The zero-order chi connectivity index (χ0) is 17.1. The number of anilines is 1. The molecule has 2 aromatic heterocycles. The van der Waals surface area contributed by atoms with Crippen LogP contribution in [0.2, 0.25) is 0 Å². The van der Waals surface area contributed by atoms with Gasteiger partial charge in [0.2, 0.25) is 0 Å². The van der Waals surface area contributed by atoms with Gasteiger partial charge in [0, 0.05) is 29.0 Å². The van der Waals surface area contributed by atoms with Crippen LogP contribution >= 0.6 is 11.3 Å². The van der Waals surface area contributed by atoms with E-state index in [9.17, 15) is 4.79 Å². The van der Waals surface area contributed by atoms with E-state index in [4.69, 9.17) is 0 Å². The molecule has 6 nitrogen and oxygen atoms in total. The summed E-state index contributed by atoms with van der Waals surface area (Å²) >= 11 is 1.58. The summed E-state index contributed by atoms with van der Waals surface area (Å²) in [4.78, 5) is 18.0. The third-order valence-electron chi connectivity index (χ3n) is 4.38. The molecule has 1 aliphatic heterocycles. The Hall–Kier alpha value is -2.51. The number of nitrogens with zero attached hydrogens (tertiary/aromatic N) is 3. The van der Waals surface area contributed by atoms with E-state index < -0.39 is 0 Å². The van der Waals surface area contributed by atoms with Crippen LogP contribution in [0.4, 0.5) is 5.13 Å². The number of amides is 1. The summed E-state index contributed by atoms with van der Waals surface area (Å²) in [5, 5.41) is 11.1. The fraction of sp³-hybridized carbons (Fsp3) is 0.278. The van der Waals surface area contributed by atoms with Crippen LogP contribution < -0.4 is 10.6 Å². The number of benzene rings is 1. The second kappa shape index (κ2) is 7.16. The first kappa shape index (κ1) is 16.0. The fourth-order valence-electron chi connectivity index (χ4n) is 3.00. The van der Waals surface area contributed by atoms with Crippen molar-refractivity contribution in [2.75, 3.05) is 18.4 Å². The zero-order valence-electron chi connectivity index (χ0n) is 13.7. The number of nitrogens with one attached hydrogen (secondary N) is 2. The fourth-order valence-corrected chi connectivity index (χ4v) is 3.98. The lowest BCUT2D eigenvalue weighted by atomic mass is 9.97. The normalized spacial score (nSPS) is 15.2. The van der Waals surface area contributed by atoms with Crippen molar-refractivity contribution in [2.45, 2.75) is 18.8 Å². The predicted molar refractivity (Wildman–Crippen MR) is 98.5 cm³/mol. The molecule has 128 valence electrons. The van der Waals surface area contributed by atoms with E-state index in [0.29, 0.717) is 16.6 Å². The molecule has 2 N–H and O–H groups in total. The van der Waals surface area contributed by atoms with Crippen molar-refractivity contribution in [3.05, 3.63) is 59.4 Å². The maximum absolute atomic E-state index is 12.4. The average molecular weight is 353 g/mol. The van der Waals surface area contributed by atoms with E-state index >= 15 is 0 Å². The minimum absolute atomic E-state index is 0.141. The van der Waals surface area contributed by atoms with Crippen LogP contribution in [0.5, 0.6) is 0 Å². The smallest absolute Gasteiger partial charge is 0.257 e. The summed E-state index contributed by atoms with van der Waals surface area (Å²) in [6.07, 6.45) is 7.75. The van der Waals surface area contributed by atoms with Crippen molar-refractivity contribution in [1.82, 2.24) is 20.1 Å². The second-order valence-corrected chi connectivity index (χ2v) is 7.11. The van der Waals surface area contributed by atoms with E-state index in [-0.39, 0.29) is 5.91 Å². The van der Waals surface area contributed by atoms with Gasteiger partial charge in [-0.2, -0.15) is 5.10 Å². The lowest BCUT2D eigenvalue weighted by Crippen LogP contribution is -2.26. The lowest BCUT2D eigenvalue weighted by molar-refractivity contribution is 0.102. The number of rotatable bonds is 4. The molecule has 0 saturated carbocycles. The highest BCUT2D eigenvalue weighted by Gasteiger charge is 2.18. The highest BCUT2D eigenvalue weighted by Crippen LogP contribution is 2.31. The topological polar surface area (TPSA) is 71.8 Å². The summed E-state index contributed by atoms with van der Waals surface area (Å²) in [5.74, 6) is 0.413. The Labute approximate surface area is 149 Å². The maximum Gasteiger partial charge on any atom is 0.257 e. The zero-order valence-corrected chi connectivity index (χ0v) is 14.5. The highest BCUT2D eigenvalue weighted by molar-refractivity contribution is 7.15. The molecule has 0 aliphatic carbocycles. The third-order valence-corrected chi connectivity index (χ3v) is 5.46. The number of carbonyl (C=O) groups excluding carboxylic acids is 1. The SMILES string of the molecule is O=C(Nc1ncc(C2CCNCC2)s1)c1ccc(-n2cccn2)cc1. The molecule has 1 amide bonds. The number of thiazole rings is 1. The molecular weight excluding hydrogens is 334 g/mol. The Kier molecular flexibility index (Phi) is 4.58. The first-order valence-electron chi connectivity index (χ1n) is 8.37. The van der Waals surface area contributed by atoms with Gasteiger partial charge in [-0.05, 0) is 62.2 Å². The van der Waals surface area contributed by atoms with Gasteiger partial charge in [-0.25, -0.2) is 9.67 Å². The van der Waals surface area contributed by atoms with E-state index in [1.165, 1.54) is 4.88 Å². The molecule has 25 heavy (non-hydrogen) atoms. The van der Waals surface area contributed by atoms with Crippen LogP contribution in [0.1, 0.15) is 34.0 Å². The van der Waals surface area contributed by atoms with Gasteiger partial charge < -0.3 is 5.32 Å². The van der Waals surface area contributed by atoms with Crippen LogP contribution in [0, 0.1) is 0 Å². The molecule has 1 aromatic carbocycles. The molecule has 3 heterocycles. The molecule has 0 atom stereocenters. The van der Waals surface area contributed by atoms with Gasteiger partial charge in [0.25, 0.3) is 5.91 Å². The summed E-state index contributed by atoms with van der Waals surface area (Å²) in [7, 11) is 0. The predicted octanol–water partition coefficient (Wildman–Crippen LogP) is 3.05. The summed E-state index contributed by atoms with van der Waals surface area (Å²) < 4.78 is 1.76. The molecule has 0 radical (unpaired) electrons. The summed E-state index contributed by atoms with van der Waals surface area (Å²) in [6.45, 7) is 2.10. The van der Waals surface area contributed by atoms with E-state index in [0.717, 1.165) is 31.6 Å². The summed E-state index contributed by atoms with van der Waals surface area (Å²) in [6, 6.07) is 9.22. The molecule has 1 saturated heterocycles. The number of hydrogen-bond donors (Lipinski definition) is 2. The first-order chi connectivity index (χ1) is 12.3. The minimum atomic E-state index is -0.141. The van der Waals surface area contributed by atoms with Gasteiger partial charge >= 0.3 is 0 Å². The Morgan fingerprint density at radius 1 is 1.24 bits per heavy atom. The Balaban J connectivity index is 1.42. The van der Waals surface area contributed by atoms with Crippen LogP contribution in [-0.2, 0) is 0 Å². The van der Waals surface area contributed by atoms with E-state index in [1.807, 2.05) is 30.6 Å². The second-order valence-electron chi connectivity index (χ2n) is 6.04. The standard InChI is InChI=1S/C18H19N5OS/c24-17(14-2-4-15(5-3-14)23-11-1-8-21-23)22-18-20-12-16(25-18)13-6-9-19-10-7-13/h1-5,8,11-13,19H,6-7,9-10H2,(H,20,22,24). The quantitative estimate of drug-likeness (QED) is 0.756. The molecular formula is C18H19N5OS. The number of carbonyl (C=O) groups is 1. The molecule has 0 unspecified atom stereocenters. The van der Waals surface area contributed by atoms with Gasteiger partial charge in [0.15, 0.2) is 5.13 Å². The van der Waals surface area contributed by atoms with Crippen LogP contribution in [0.25, 0.3) is 5.69 Å². The van der Waals surface area contributed by atoms with Crippen molar-refractivity contribution in [2.24, 2.45) is 0 Å². The largest absolute Gasteiger partial charge is 0.317 e. The lowest BCUT2D eigenvalue weighted by Gasteiger charge is -2.20. The van der Waals surface area contributed by atoms with Gasteiger partial charge in [0.05, 0.1) is 5.69 Å².